The Morgan fingerprint density at radius 3 is 2.46 bits per heavy atom. The van der Waals surface area contributed by atoms with E-state index in [4.69, 9.17) is 11.6 Å². The largest absolute Gasteiger partial charge is 0.304 e. The highest BCUT2D eigenvalue weighted by molar-refractivity contribution is 7.89. The van der Waals surface area contributed by atoms with Crippen LogP contribution in [0.4, 0.5) is 0 Å². The smallest absolute Gasteiger partial charge is 0.240 e. The summed E-state index contributed by atoms with van der Waals surface area (Å²) in [6.45, 7) is 8.54. The normalized spacial score (nSPS) is 31.9. The van der Waals surface area contributed by atoms with Gasteiger partial charge in [0.25, 0.3) is 0 Å². The number of benzene rings is 1. The first kappa shape index (κ1) is 20.6. The average molecular weight is 427 g/mol. The Morgan fingerprint density at radius 2 is 1.82 bits per heavy atom. The molecule has 6 nitrogen and oxygen atoms in total. The van der Waals surface area contributed by atoms with E-state index in [1.807, 2.05) is 0 Å². The van der Waals surface area contributed by atoms with Crippen LogP contribution in [0.1, 0.15) is 12.8 Å². The number of hydrogen-bond donors (Lipinski definition) is 1. The maximum atomic E-state index is 12.6. The standard InChI is InChI=1S/C20H31ClN4O2S/c1-23-8-10-24(11-9-23)14-17-15-25-7-6-16(17)12-19(25)13-22-28(26,27)20-4-2-18(21)3-5-20/h2-5,16-17,19,22H,6-15H2,1H3/t16-,17+,19+/m0/s1. The minimum absolute atomic E-state index is 0.279. The molecule has 1 aromatic carbocycles. The summed E-state index contributed by atoms with van der Waals surface area (Å²) in [5.41, 5.74) is 0. The summed E-state index contributed by atoms with van der Waals surface area (Å²) in [5.74, 6) is 1.44. The lowest BCUT2D eigenvalue weighted by molar-refractivity contribution is -0.0149. The van der Waals surface area contributed by atoms with Crippen molar-refractivity contribution in [2.75, 3.05) is 59.4 Å². The molecule has 4 saturated heterocycles. The number of fused-ring (bicyclic) bond motifs is 3. The molecular weight excluding hydrogens is 396 g/mol. The molecule has 0 amide bonds. The van der Waals surface area contributed by atoms with Gasteiger partial charge in [0, 0.05) is 56.9 Å². The zero-order valence-electron chi connectivity index (χ0n) is 16.6. The van der Waals surface area contributed by atoms with Crippen molar-refractivity contribution in [2.24, 2.45) is 11.8 Å². The van der Waals surface area contributed by atoms with Gasteiger partial charge in [-0.05, 0) is 62.5 Å². The molecule has 156 valence electrons. The molecule has 4 aliphatic rings. The van der Waals surface area contributed by atoms with Gasteiger partial charge < -0.3 is 9.80 Å². The van der Waals surface area contributed by atoms with Crippen molar-refractivity contribution < 1.29 is 8.42 Å². The summed E-state index contributed by atoms with van der Waals surface area (Å²) < 4.78 is 27.9. The summed E-state index contributed by atoms with van der Waals surface area (Å²) in [6.07, 6.45) is 2.35. The summed E-state index contributed by atoms with van der Waals surface area (Å²) in [7, 11) is -1.29. The van der Waals surface area contributed by atoms with Crippen LogP contribution in [0.15, 0.2) is 29.2 Å². The maximum Gasteiger partial charge on any atom is 0.240 e. The number of piperazine rings is 1. The first-order valence-electron chi connectivity index (χ1n) is 10.3. The molecule has 4 atom stereocenters. The van der Waals surface area contributed by atoms with Gasteiger partial charge in [0.1, 0.15) is 0 Å². The lowest BCUT2D eigenvalue weighted by Gasteiger charge is -2.51. The molecule has 2 bridgehead atoms. The second-order valence-electron chi connectivity index (χ2n) is 8.60. The molecule has 4 heterocycles. The van der Waals surface area contributed by atoms with Crippen molar-refractivity contribution in [2.45, 2.75) is 23.8 Å². The van der Waals surface area contributed by atoms with Crippen molar-refractivity contribution in [3.8, 4) is 0 Å². The molecule has 0 saturated carbocycles. The highest BCUT2D eigenvalue weighted by Gasteiger charge is 2.40. The fraction of sp³-hybridized carbons (Fsp3) is 0.700. The molecule has 0 spiro atoms. The van der Waals surface area contributed by atoms with Crippen LogP contribution >= 0.6 is 11.6 Å². The van der Waals surface area contributed by atoms with Gasteiger partial charge >= 0.3 is 0 Å². The van der Waals surface area contributed by atoms with Gasteiger partial charge in [0.05, 0.1) is 4.90 Å². The molecule has 1 aromatic rings. The van der Waals surface area contributed by atoms with Gasteiger partial charge in [-0.15, -0.1) is 0 Å². The fourth-order valence-corrected chi connectivity index (χ4v) is 6.13. The van der Waals surface area contributed by atoms with Crippen LogP contribution in [-0.4, -0.2) is 88.6 Å². The third kappa shape index (κ3) is 4.71. The number of sulfonamides is 1. The Labute approximate surface area is 173 Å². The molecular formula is C20H31ClN4O2S. The zero-order chi connectivity index (χ0) is 19.7. The Hall–Kier alpha value is -0.700. The van der Waals surface area contributed by atoms with Crippen LogP contribution in [0.5, 0.6) is 0 Å². The van der Waals surface area contributed by atoms with Gasteiger partial charge in [-0.1, -0.05) is 11.6 Å². The fourth-order valence-electron chi connectivity index (χ4n) is 4.93. The van der Waals surface area contributed by atoms with Gasteiger partial charge in [-0.2, -0.15) is 0 Å². The van der Waals surface area contributed by atoms with E-state index in [1.165, 1.54) is 26.1 Å². The van der Waals surface area contributed by atoms with Crippen LogP contribution in [0.25, 0.3) is 0 Å². The van der Waals surface area contributed by atoms with E-state index in [0.29, 0.717) is 17.6 Å². The number of rotatable bonds is 6. The number of hydrogen-bond acceptors (Lipinski definition) is 5. The van der Waals surface area contributed by atoms with E-state index in [2.05, 4.69) is 26.5 Å². The second kappa shape index (κ2) is 8.58. The Kier molecular flexibility index (Phi) is 6.30. The molecule has 8 heteroatoms. The van der Waals surface area contributed by atoms with Crippen LogP contribution in [0, 0.1) is 11.8 Å². The Balaban J connectivity index is 1.30. The lowest BCUT2D eigenvalue weighted by Crippen LogP contribution is -2.59. The summed E-state index contributed by atoms with van der Waals surface area (Å²) in [4.78, 5) is 7.80. The minimum atomic E-state index is -3.48. The lowest BCUT2D eigenvalue weighted by atomic mass is 9.75. The van der Waals surface area contributed by atoms with E-state index < -0.39 is 10.0 Å². The number of nitrogens with zero attached hydrogens (tertiary/aromatic N) is 3. The molecule has 5 rings (SSSR count). The van der Waals surface area contributed by atoms with Crippen molar-refractivity contribution in [3.63, 3.8) is 0 Å². The predicted octanol–water partition coefficient (Wildman–Crippen LogP) is 1.58. The topological polar surface area (TPSA) is 55.9 Å². The molecule has 28 heavy (non-hydrogen) atoms. The number of nitrogens with one attached hydrogen (secondary N) is 1. The van der Waals surface area contributed by atoms with Crippen molar-refractivity contribution in [1.29, 1.82) is 0 Å². The first-order valence-corrected chi connectivity index (χ1v) is 12.2. The SMILES string of the molecule is CN1CCN(C[C@@H]2CN3CC[C@H]2C[C@@H]3CNS(=O)(=O)c2ccc(Cl)cc2)CC1. The van der Waals surface area contributed by atoms with Crippen LogP contribution in [0.3, 0.4) is 0 Å². The van der Waals surface area contributed by atoms with Crippen molar-refractivity contribution in [3.05, 3.63) is 29.3 Å². The molecule has 4 fully saturated rings. The third-order valence-electron chi connectivity index (χ3n) is 6.74. The monoisotopic (exact) mass is 426 g/mol. The quantitative estimate of drug-likeness (QED) is 0.748. The predicted molar refractivity (Wildman–Crippen MR) is 112 cm³/mol. The van der Waals surface area contributed by atoms with Gasteiger partial charge in [0.15, 0.2) is 0 Å². The van der Waals surface area contributed by atoms with E-state index in [9.17, 15) is 8.42 Å². The molecule has 1 N–H and O–H groups in total. The summed E-state index contributed by atoms with van der Waals surface area (Å²) in [5, 5.41) is 0.543. The van der Waals surface area contributed by atoms with E-state index >= 15 is 0 Å². The van der Waals surface area contributed by atoms with Crippen molar-refractivity contribution in [1.82, 2.24) is 19.4 Å². The van der Waals surface area contributed by atoms with Gasteiger partial charge in [-0.25, -0.2) is 13.1 Å². The number of likely N-dealkylation sites (N-methyl/N-ethyl adjacent to an activating group) is 1. The maximum absolute atomic E-state index is 12.6. The van der Waals surface area contributed by atoms with E-state index in [-0.39, 0.29) is 4.90 Å². The Morgan fingerprint density at radius 1 is 1.11 bits per heavy atom. The average Bonchev–Trinajstić information content (AvgIpc) is 2.69. The minimum Gasteiger partial charge on any atom is -0.304 e. The second-order valence-corrected chi connectivity index (χ2v) is 10.8. The van der Waals surface area contributed by atoms with Gasteiger partial charge in [-0.3, -0.25) is 4.90 Å². The van der Waals surface area contributed by atoms with E-state index in [0.717, 1.165) is 44.4 Å². The number of piperidine rings is 3. The van der Waals surface area contributed by atoms with Gasteiger partial charge in [0.2, 0.25) is 10.0 Å². The summed E-state index contributed by atoms with van der Waals surface area (Å²) in [6, 6.07) is 6.66. The van der Waals surface area contributed by atoms with Crippen LogP contribution < -0.4 is 4.72 Å². The number of halogens is 1. The molecule has 0 aromatic heterocycles. The van der Waals surface area contributed by atoms with Crippen molar-refractivity contribution >= 4 is 21.6 Å². The Bertz CT molecular complexity index is 765. The van der Waals surface area contributed by atoms with E-state index in [1.54, 1.807) is 24.3 Å². The zero-order valence-corrected chi connectivity index (χ0v) is 18.1. The molecule has 1 unspecified atom stereocenters. The molecule has 0 aliphatic carbocycles. The molecule has 4 aliphatic heterocycles. The van der Waals surface area contributed by atoms with Crippen LogP contribution in [-0.2, 0) is 10.0 Å². The highest BCUT2D eigenvalue weighted by atomic mass is 35.5. The third-order valence-corrected chi connectivity index (χ3v) is 8.43. The first-order chi connectivity index (χ1) is 13.4. The highest BCUT2D eigenvalue weighted by Crippen LogP contribution is 2.36. The molecule has 0 radical (unpaired) electrons. The summed E-state index contributed by atoms with van der Waals surface area (Å²) >= 11 is 5.87. The van der Waals surface area contributed by atoms with Crippen LogP contribution in [0.2, 0.25) is 5.02 Å².